The van der Waals surface area contributed by atoms with E-state index in [-0.39, 0.29) is 18.0 Å². The van der Waals surface area contributed by atoms with Crippen LogP contribution in [0.5, 0.6) is 0 Å². The third-order valence-electron chi connectivity index (χ3n) is 4.59. The van der Waals surface area contributed by atoms with Crippen LogP contribution < -0.4 is 11.1 Å². The molecule has 0 spiro atoms. The van der Waals surface area contributed by atoms with Crippen LogP contribution in [0.1, 0.15) is 54.1 Å². The van der Waals surface area contributed by atoms with E-state index in [1.54, 1.807) is 6.92 Å². The highest BCUT2D eigenvalue weighted by Crippen LogP contribution is 2.32. The van der Waals surface area contributed by atoms with Gasteiger partial charge in [-0.1, -0.05) is 48.5 Å². The number of carbonyl (C=O) groups is 1. The molecule has 0 aromatic heterocycles. The largest absolute Gasteiger partial charge is 0.350 e. The summed E-state index contributed by atoms with van der Waals surface area (Å²) in [5, 5.41) is 3.07. The molecule has 2 atom stereocenters. The second-order valence-electron chi connectivity index (χ2n) is 6.40. The minimum absolute atomic E-state index is 0.0254. The molecule has 2 aromatic rings. The number of nitrogens with two attached hydrogens (primary N) is 1. The summed E-state index contributed by atoms with van der Waals surface area (Å²) >= 11 is 0. The second-order valence-corrected chi connectivity index (χ2v) is 6.40. The van der Waals surface area contributed by atoms with E-state index in [0.717, 1.165) is 31.2 Å². The predicted molar refractivity (Wildman–Crippen MR) is 93.0 cm³/mol. The van der Waals surface area contributed by atoms with Gasteiger partial charge in [0.2, 0.25) is 5.91 Å². The van der Waals surface area contributed by atoms with Gasteiger partial charge in [-0.25, -0.2) is 0 Å². The number of hydrogen-bond acceptors (Lipinski definition) is 2. The van der Waals surface area contributed by atoms with Gasteiger partial charge >= 0.3 is 0 Å². The minimum atomic E-state index is -0.0254. The van der Waals surface area contributed by atoms with E-state index in [2.05, 4.69) is 35.6 Å². The molecule has 0 heterocycles. The fourth-order valence-electron chi connectivity index (χ4n) is 3.43. The Morgan fingerprint density at radius 3 is 2.78 bits per heavy atom. The summed E-state index contributed by atoms with van der Waals surface area (Å²) in [5.74, 6) is 0.0295. The van der Waals surface area contributed by atoms with Crippen molar-refractivity contribution in [2.75, 3.05) is 0 Å². The molecule has 0 bridgehead atoms. The Bertz CT molecular complexity index is 681. The van der Waals surface area contributed by atoms with Crippen LogP contribution in [0.3, 0.4) is 0 Å². The quantitative estimate of drug-likeness (QED) is 0.909. The van der Waals surface area contributed by atoms with Gasteiger partial charge in [0.25, 0.3) is 0 Å². The first-order chi connectivity index (χ1) is 11.1. The van der Waals surface area contributed by atoms with Crippen molar-refractivity contribution in [2.45, 2.75) is 44.7 Å². The Hall–Kier alpha value is -2.13. The molecule has 23 heavy (non-hydrogen) atoms. The molecule has 3 heteroatoms. The molecule has 1 aliphatic rings. The average molecular weight is 308 g/mol. The summed E-state index contributed by atoms with van der Waals surface area (Å²) in [6.45, 7) is 1.58. The van der Waals surface area contributed by atoms with Crippen LogP contribution in [0.15, 0.2) is 48.5 Å². The number of hydrogen-bond donors (Lipinski definition) is 2. The summed E-state index contributed by atoms with van der Waals surface area (Å²) in [6.07, 6.45) is 4.03. The van der Waals surface area contributed by atoms with Crippen LogP contribution in [0.25, 0.3) is 0 Å². The van der Waals surface area contributed by atoms with E-state index < -0.39 is 0 Å². The maximum Gasteiger partial charge on any atom is 0.217 e. The van der Waals surface area contributed by atoms with Gasteiger partial charge in [0.15, 0.2) is 0 Å². The van der Waals surface area contributed by atoms with E-state index in [4.69, 9.17) is 5.73 Å². The highest BCUT2D eigenvalue weighted by Gasteiger charge is 2.22. The maximum absolute atomic E-state index is 11.4. The Kier molecular flexibility index (Phi) is 4.77. The van der Waals surface area contributed by atoms with Crippen molar-refractivity contribution >= 4 is 5.91 Å². The number of aryl methyl sites for hydroxylation is 1. The molecule has 0 aliphatic heterocycles. The number of carbonyl (C=O) groups excluding carboxylic acids is 1. The normalized spacial score (nSPS) is 18.1. The molecular formula is C20H24N2O. The molecule has 0 fully saturated rings. The van der Waals surface area contributed by atoms with Gasteiger partial charge in [0, 0.05) is 13.0 Å². The van der Waals surface area contributed by atoms with Gasteiger partial charge < -0.3 is 11.1 Å². The lowest BCUT2D eigenvalue weighted by molar-refractivity contribution is -0.119. The lowest BCUT2D eigenvalue weighted by atomic mass is 9.85. The zero-order valence-electron chi connectivity index (χ0n) is 13.6. The molecule has 2 aromatic carbocycles. The van der Waals surface area contributed by atoms with E-state index in [1.165, 1.54) is 16.7 Å². The zero-order chi connectivity index (χ0) is 16.2. The van der Waals surface area contributed by atoms with Crippen LogP contribution in [-0.2, 0) is 17.6 Å². The number of benzene rings is 2. The van der Waals surface area contributed by atoms with Crippen molar-refractivity contribution in [2.24, 2.45) is 5.73 Å². The van der Waals surface area contributed by atoms with Crippen molar-refractivity contribution in [3.63, 3.8) is 0 Å². The first-order valence-electron chi connectivity index (χ1n) is 8.33. The van der Waals surface area contributed by atoms with Crippen LogP contribution in [0.2, 0.25) is 0 Å². The van der Waals surface area contributed by atoms with Crippen molar-refractivity contribution in [3.8, 4) is 0 Å². The highest BCUT2D eigenvalue weighted by atomic mass is 16.1. The zero-order valence-corrected chi connectivity index (χ0v) is 13.6. The van der Waals surface area contributed by atoms with Crippen molar-refractivity contribution in [3.05, 3.63) is 70.8 Å². The highest BCUT2D eigenvalue weighted by molar-refractivity contribution is 5.73. The Balaban J connectivity index is 1.82. The molecule has 0 saturated heterocycles. The lowest BCUT2D eigenvalue weighted by Crippen LogP contribution is -2.29. The summed E-state index contributed by atoms with van der Waals surface area (Å²) < 4.78 is 0. The SMILES string of the molecule is CC(=O)NC1CCCc2ccc(C(N)Cc3ccccc3)cc21. The van der Waals surface area contributed by atoms with E-state index in [0.29, 0.717) is 0 Å². The Morgan fingerprint density at radius 2 is 2.04 bits per heavy atom. The van der Waals surface area contributed by atoms with Gasteiger partial charge in [-0.15, -0.1) is 0 Å². The van der Waals surface area contributed by atoms with Crippen molar-refractivity contribution in [1.82, 2.24) is 5.32 Å². The van der Waals surface area contributed by atoms with Gasteiger partial charge in [0.05, 0.1) is 6.04 Å². The summed E-state index contributed by atoms with van der Waals surface area (Å²) in [4.78, 5) is 11.4. The molecule has 1 aliphatic carbocycles. The first kappa shape index (κ1) is 15.8. The topological polar surface area (TPSA) is 55.1 Å². The Morgan fingerprint density at radius 1 is 1.26 bits per heavy atom. The standard InChI is InChI=1S/C20H24N2O/c1-14(23)22-20-9-5-8-16-10-11-17(13-18(16)20)19(21)12-15-6-3-2-4-7-15/h2-4,6-7,10-11,13,19-20H,5,8-9,12,21H2,1H3,(H,22,23). The van der Waals surface area contributed by atoms with Gasteiger partial charge in [-0.2, -0.15) is 0 Å². The van der Waals surface area contributed by atoms with Crippen LogP contribution >= 0.6 is 0 Å². The summed E-state index contributed by atoms with van der Waals surface area (Å²) in [5.41, 5.74) is 11.4. The van der Waals surface area contributed by atoms with Crippen molar-refractivity contribution < 1.29 is 4.79 Å². The third kappa shape index (κ3) is 3.80. The van der Waals surface area contributed by atoms with E-state index in [1.807, 2.05) is 18.2 Å². The van der Waals surface area contributed by atoms with Crippen LogP contribution in [0.4, 0.5) is 0 Å². The van der Waals surface area contributed by atoms with Gasteiger partial charge in [0.1, 0.15) is 0 Å². The smallest absolute Gasteiger partial charge is 0.217 e. The van der Waals surface area contributed by atoms with Crippen molar-refractivity contribution in [1.29, 1.82) is 0 Å². The monoisotopic (exact) mass is 308 g/mol. The van der Waals surface area contributed by atoms with E-state index in [9.17, 15) is 4.79 Å². The maximum atomic E-state index is 11.4. The molecule has 3 N–H and O–H groups in total. The predicted octanol–water partition coefficient (Wildman–Crippen LogP) is 3.44. The molecule has 120 valence electrons. The number of fused-ring (bicyclic) bond motifs is 1. The molecule has 1 amide bonds. The fourth-order valence-corrected chi connectivity index (χ4v) is 3.43. The minimum Gasteiger partial charge on any atom is -0.350 e. The van der Waals surface area contributed by atoms with Gasteiger partial charge in [-0.3, -0.25) is 4.79 Å². The second kappa shape index (κ2) is 6.97. The van der Waals surface area contributed by atoms with E-state index >= 15 is 0 Å². The number of amides is 1. The lowest BCUT2D eigenvalue weighted by Gasteiger charge is -2.27. The van der Waals surface area contributed by atoms with Crippen LogP contribution in [-0.4, -0.2) is 5.91 Å². The first-order valence-corrected chi connectivity index (χ1v) is 8.33. The number of rotatable bonds is 4. The third-order valence-corrected chi connectivity index (χ3v) is 4.59. The Labute approximate surface area is 137 Å². The molecule has 3 nitrogen and oxygen atoms in total. The summed E-state index contributed by atoms with van der Waals surface area (Å²) in [7, 11) is 0. The fraction of sp³-hybridized carbons (Fsp3) is 0.350. The molecule has 0 saturated carbocycles. The molecular weight excluding hydrogens is 284 g/mol. The molecule has 3 rings (SSSR count). The summed E-state index contributed by atoms with van der Waals surface area (Å²) in [6, 6.07) is 16.9. The molecule has 0 radical (unpaired) electrons. The van der Waals surface area contributed by atoms with Crippen LogP contribution in [0, 0.1) is 0 Å². The molecule has 2 unspecified atom stereocenters. The number of nitrogens with one attached hydrogen (secondary N) is 1. The van der Waals surface area contributed by atoms with Gasteiger partial charge in [-0.05, 0) is 47.9 Å². The average Bonchev–Trinajstić information content (AvgIpc) is 2.55.